The summed E-state index contributed by atoms with van der Waals surface area (Å²) in [5.41, 5.74) is 0. The molecule has 6 nitrogen and oxygen atoms in total. The van der Waals surface area contributed by atoms with E-state index in [1.54, 1.807) is 20.8 Å². The van der Waals surface area contributed by atoms with Crippen molar-refractivity contribution < 1.29 is 17.9 Å². The highest BCUT2D eigenvalue weighted by Crippen LogP contribution is 1.92. The van der Waals surface area contributed by atoms with Gasteiger partial charge in [-0.3, -0.25) is 4.79 Å². The molecule has 0 fully saturated rings. The lowest BCUT2D eigenvalue weighted by Gasteiger charge is -2.10. The Bertz CT molecular complexity index is 301. The molecule has 0 heterocycles. The minimum absolute atomic E-state index is 0.150. The fourth-order valence-electron chi connectivity index (χ4n) is 1.02. The molecule has 2 N–H and O–H groups in total. The first-order valence-corrected chi connectivity index (χ1v) is 6.78. The molecule has 0 radical (unpaired) electrons. The van der Waals surface area contributed by atoms with E-state index in [1.165, 1.54) is 0 Å². The summed E-state index contributed by atoms with van der Waals surface area (Å²) in [6, 6.07) is -0.150. The maximum absolute atomic E-state index is 11.3. The second-order valence-electron chi connectivity index (χ2n) is 3.58. The maximum Gasteiger partial charge on any atom is 0.305 e. The lowest BCUT2D eigenvalue weighted by atomic mass is 10.3. The first-order valence-electron chi connectivity index (χ1n) is 5.30. The summed E-state index contributed by atoms with van der Waals surface area (Å²) in [6.07, 6.45) is 0.649. The van der Waals surface area contributed by atoms with E-state index >= 15 is 0 Å². The number of rotatable bonds is 8. The van der Waals surface area contributed by atoms with Crippen molar-refractivity contribution in [1.29, 1.82) is 0 Å². The topological polar surface area (TPSA) is 84.5 Å². The molecular formula is C9H20N2O4S. The van der Waals surface area contributed by atoms with E-state index in [0.29, 0.717) is 13.0 Å². The molecule has 0 aromatic carbocycles. The summed E-state index contributed by atoms with van der Waals surface area (Å²) in [6.45, 7) is 5.77. The number of hydrogen-bond donors (Lipinski definition) is 2. The van der Waals surface area contributed by atoms with Crippen LogP contribution in [0.2, 0.25) is 0 Å². The quantitative estimate of drug-likeness (QED) is 0.476. The van der Waals surface area contributed by atoms with Crippen LogP contribution in [0.25, 0.3) is 0 Å². The molecular weight excluding hydrogens is 232 g/mol. The van der Waals surface area contributed by atoms with E-state index in [0.717, 1.165) is 0 Å². The van der Waals surface area contributed by atoms with Gasteiger partial charge in [0.25, 0.3) is 10.2 Å². The summed E-state index contributed by atoms with van der Waals surface area (Å²) in [4.78, 5) is 10.9. The predicted octanol–water partition coefficient (Wildman–Crippen LogP) is 0.162. The second-order valence-corrected chi connectivity index (χ2v) is 5.11. The van der Waals surface area contributed by atoms with Crippen molar-refractivity contribution in [3.8, 4) is 0 Å². The standard InChI is InChI=1S/C9H20N2O4S/c1-4-15-9(12)6-5-7-10-16(13,14)11-8(2)3/h8,10-11H,4-7H2,1-3H3. The zero-order valence-corrected chi connectivity index (χ0v) is 10.8. The van der Waals surface area contributed by atoms with Crippen molar-refractivity contribution in [2.75, 3.05) is 13.2 Å². The van der Waals surface area contributed by atoms with Gasteiger partial charge in [0.05, 0.1) is 6.61 Å². The summed E-state index contributed by atoms with van der Waals surface area (Å²) >= 11 is 0. The fraction of sp³-hybridized carbons (Fsp3) is 0.889. The van der Waals surface area contributed by atoms with Crippen molar-refractivity contribution in [2.24, 2.45) is 0 Å². The first kappa shape index (κ1) is 15.3. The molecule has 0 saturated carbocycles. The number of nitrogens with one attached hydrogen (secondary N) is 2. The molecule has 0 unspecified atom stereocenters. The third-order valence-corrected chi connectivity index (χ3v) is 2.91. The number of carbonyl (C=O) groups excluding carboxylic acids is 1. The molecule has 0 rings (SSSR count). The monoisotopic (exact) mass is 252 g/mol. The van der Waals surface area contributed by atoms with Gasteiger partial charge in [-0.1, -0.05) is 0 Å². The molecule has 0 bridgehead atoms. The molecule has 0 aliphatic heterocycles. The Morgan fingerprint density at radius 3 is 2.50 bits per heavy atom. The van der Waals surface area contributed by atoms with Crippen LogP contribution in [0.3, 0.4) is 0 Å². The van der Waals surface area contributed by atoms with E-state index < -0.39 is 10.2 Å². The van der Waals surface area contributed by atoms with Gasteiger partial charge >= 0.3 is 5.97 Å². The van der Waals surface area contributed by atoms with Crippen LogP contribution in [0.1, 0.15) is 33.6 Å². The van der Waals surface area contributed by atoms with E-state index in [9.17, 15) is 13.2 Å². The van der Waals surface area contributed by atoms with Crippen LogP contribution in [0.15, 0.2) is 0 Å². The minimum Gasteiger partial charge on any atom is -0.466 e. The second kappa shape index (κ2) is 7.59. The SMILES string of the molecule is CCOC(=O)CCCNS(=O)(=O)NC(C)C. The normalized spacial score (nSPS) is 11.8. The van der Waals surface area contributed by atoms with E-state index in [-0.39, 0.29) is 25.0 Å². The smallest absolute Gasteiger partial charge is 0.305 e. The number of carbonyl (C=O) groups is 1. The van der Waals surface area contributed by atoms with Crippen LogP contribution < -0.4 is 9.44 Å². The molecule has 0 atom stereocenters. The van der Waals surface area contributed by atoms with Crippen LogP contribution in [-0.2, 0) is 19.7 Å². The van der Waals surface area contributed by atoms with Gasteiger partial charge < -0.3 is 4.74 Å². The van der Waals surface area contributed by atoms with Crippen LogP contribution in [0.4, 0.5) is 0 Å². The Hall–Kier alpha value is -0.660. The van der Waals surface area contributed by atoms with E-state index in [4.69, 9.17) is 4.74 Å². The van der Waals surface area contributed by atoms with Gasteiger partial charge in [-0.15, -0.1) is 0 Å². The zero-order chi connectivity index (χ0) is 12.6. The molecule has 96 valence electrons. The molecule has 0 amide bonds. The summed E-state index contributed by atoms with van der Waals surface area (Å²) in [7, 11) is -3.44. The van der Waals surface area contributed by atoms with Gasteiger partial charge in [-0.05, 0) is 27.2 Å². The third-order valence-electron chi connectivity index (χ3n) is 1.55. The molecule has 0 aromatic heterocycles. The molecule has 0 aromatic rings. The number of hydrogen-bond acceptors (Lipinski definition) is 4. The van der Waals surface area contributed by atoms with Gasteiger partial charge in [0.2, 0.25) is 0 Å². The Morgan fingerprint density at radius 1 is 1.38 bits per heavy atom. The van der Waals surface area contributed by atoms with Crippen LogP contribution in [0, 0.1) is 0 Å². The summed E-state index contributed by atoms with van der Waals surface area (Å²) in [5, 5.41) is 0. The number of esters is 1. The summed E-state index contributed by atoms with van der Waals surface area (Å²) < 4.78 is 32.0. The van der Waals surface area contributed by atoms with Crippen molar-refractivity contribution >= 4 is 16.2 Å². The van der Waals surface area contributed by atoms with Gasteiger partial charge in [-0.2, -0.15) is 13.1 Å². The predicted molar refractivity (Wildman–Crippen MR) is 61.1 cm³/mol. The van der Waals surface area contributed by atoms with Gasteiger partial charge in [0, 0.05) is 19.0 Å². The van der Waals surface area contributed by atoms with Gasteiger partial charge in [0.15, 0.2) is 0 Å². The first-order chi connectivity index (χ1) is 7.37. The fourth-order valence-corrected chi connectivity index (χ4v) is 2.14. The average Bonchev–Trinajstić information content (AvgIpc) is 2.11. The van der Waals surface area contributed by atoms with Gasteiger partial charge in [0.1, 0.15) is 0 Å². The zero-order valence-electron chi connectivity index (χ0n) is 9.95. The Balaban J connectivity index is 3.70. The molecule has 0 saturated heterocycles. The highest BCUT2D eigenvalue weighted by Gasteiger charge is 2.10. The van der Waals surface area contributed by atoms with Crippen molar-refractivity contribution in [2.45, 2.75) is 39.7 Å². The van der Waals surface area contributed by atoms with E-state index in [2.05, 4.69) is 9.44 Å². The molecule has 0 aliphatic rings. The van der Waals surface area contributed by atoms with Crippen LogP contribution in [0.5, 0.6) is 0 Å². The van der Waals surface area contributed by atoms with Crippen LogP contribution in [-0.4, -0.2) is 33.6 Å². The Morgan fingerprint density at radius 2 is 2.00 bits per heavy atom. The molecule has 0 aliphatic carbocycles. The highest BCUT2D eigenvalue weighted by atomic mass is 32.2. The largest absolute Gasteiger partial charge is 0.466 e. The third kappa shape index (κ3) is 8.63. The molecule has 16 heavy (non-hydrogen) atoms. The average molecular weight is 252 g/mol. The van der Waals surface area contributed by atoms with Gasteiger partial charge in [-0.25, -0.2) is 4.72 Å². The highest BCUT2D eigenvalue weighted by molar-refractivity contribution is 7.87. The van der Waals surface area contributed by atoms with Crippen molar-refractivity contribution in [3.63, 3.8) is 0 Å². The minimum atomic E-state index is -3.44. The van der Waals surface area contributed by atoms with Crippen molar-refractivity contribution in [3.05, 3.63) is 0 Å². The maximum atomic E-state index is 11.3. The summed E-state index contributed by atoms with van der Waals surface area (Å²) in [5.74, 6) is -0.307. The van der Waals surface area contributed by atoms with E-state index in [1.807, 2.05) is 0 Å². The van der Waals surface area contributed by atoms with Crippen molar-refractivity contribution in [1.82, 2.24) is 9.44 Å². The lowest BCUT2D eigenvalue weighted by molar-refractivity contribution is -0.143. The number of ether oxygens (including phenoxy) is 1. The molecule has 7 heteroatoms. The Labute approximate surface area is 96.9 Å². The molecule has 0 spiro atoms. The Kier molecular flexibility index (Phi) is 7.27. The lowest BCUT2D eigenvalue weighted by Crippen LogP contribution is -2.40. The van der Waals surface area contributed by atoms with Crippen LogP contribution >= 0.6 is 0 Å².